The minimum absolute atomic E-state index is 1.29. The lowest BCUT2D eigenvalue weighted by Crippen LogP contribution is -2.33. The van der Waals surface area contributed by atoms with Gasteiger partial charge in [-0.3, -0.25) is 0 Å². The van der Waals surface area contributed by atoms with Gasteiger partial charge in [0, 0.05) is 13.4 Å². The zero-order valence-corrected chi connectivity index (χ0v) is 3.68. The van der Waals surface area contributed by atoms with E-state index in [0.717, 1.165) is 0 Å². The summed E-state index contributed by atoms with van der Waals surface area (Å²) in [5.74, 6) is 0. The third-order valence-corrected chi connectivity index (χ3v) is 0.631. The van der Waals surface area contributed by atoms with Gasteiger partial charge in [0.05, 0.1) is 7.45 Å². The molecule has 1 aliphatic heterocycles. The predicted octanol–water partition coefficient (Wildman–Crippen LogP) is -0.269. The molecule has 0 amide bonds. The SMILES string of the molecule is [2H]C1NC([2H])C([2H])(O)C([2H])([2H])C1[2H]. The van der Waals surface area contributed by atoms with Gasteiger partial charge in [-0.25, -0.2) is 0 Å². The van der Waals surface area contributed by atoms with Crippen molar-refractivity contribution in [1.82, 2.24) is 5.32 Å². The van der Waals surface area contributed by atoms with Crippen LogP contribution >= 0.6 is 0 Å². The van der Waals surface area contributed by atoms with Crippen LogP contribution in [0.15, 0.2) is 0 Å². The number of aliphatic hydroxyl groups is 1. The van der Waals surface area contributed by atoms with E-state index >= 15 is 0 Å². The van der Waals surface area contributed by atoms with Gasteiger partial charge in [0.2, 0.25) is 0 Å². The molecule has 0 saturated carbocycles. The summed E-state index contributed by atoms with van der Waals surface area (Å²) < 4.78 is 43.3. The lowest BCUT2D eigenvalue weighted by atomic mass is 10.1. The molecule has 2 nitrogen and oxygen atoms in total. The first-order valence-corrected chi connectivity index (χ1v) is 1.96. The minimum Gasteiger partial charge on any atom is -0.392 e. The fourth-order valence-corrected chi connectivity index (χ4v) is 0.344. The smallest absolute Gasteiger partial charge is 0.0665 e. The van der Waals surface area contributed by atoms with Crippen molar-refractivity contribution in [3.63, 3.8) is 0 Å². The van der Waals surface area contributed by atoms with Gasteiger partial charge in [-0.05, 0) is 19.3 Å². The van der Waals surface area contributed by atoms with Crippen LogP contribution in [0.5, 0.6) is 0 Å². The normalized spacial score (nSPS) is 94.7. The lowest BCUT2D eigenvalue weighted by molar-refractivity contribution is 0.142. The molecule has 0 aromatic heterocycles. The van der Waals surface area contributed by atoms with Crippen molar-refractivity contribution in [2.75, 3.05) is 13.0 Å². The zero-order valence-electron chi connectivity index (χ0n) is 9.68. The van der Waals surface area contributed by atoms with E-state index in [1.54, 1.807) is 0 Å². The van der Waals surface area contributed by atoms with Gasteiger partial charge in [0.1, 0.15) is 0 Å². The average Bonchev–Trinajstić information content (AvgIpc) is 2.00. The maximum Gasteiger partial charge on any atom is 0.0665 e. The summed E-state index contributed by atoms with van der Waals surface area (Å²) in [6.45, 7) is -2.89. The van der Waals surface area contributed by atoms with Gasteiger partial charge in [-0.1, -0.05) is 0 Å². The number of nitrogens with one attached hydrogen (secondary N) is 1. The van der Waals surface area contributed by atoms with Gasteiger partial charge in [0.15, 0.2) is 0 Å². The average molecular weight is 107 g/mol. The van der Waals surface area contributed by atoms with Crippen LogP contribution in [0.2, 0.25) is 0 Å². The first-order chi connectivity index (χ1) is 5.71. The van der Waals surface area contributed by atoms with E-state index in [-0.39, 0.29) is 0 Å². The number of rotatable bonds is 0. The molecule has 2 heteroatoms. The van der Waals surface area contributed by atoms with Crippen LogP contribution in [0.4, 0.5) is 0 Å². The molecule has 4 unspecified atom stereocenters. The Labute approximate surface area is 52.0 Å². The second kappa shape index (κ2) is 2.28. The van der Waals surface area contributed by atoms with E-state index in [1.807, 2.05) is 0 Å². The van der Waals surface area contributed by atoms with Crippen LogP contribution in [0.3, 0.4) is 0 Å². The van der Waals surface area contributed by atoms with E-state index in [4.69, 9.17) is 8.22 Å². The Kier molecular flexibility index (Phi) is 0.474. The van der Waals surface area contributed by atoms with E-state index in [1.165, 1.54) is 0 Å². The van der Waals surface area contributed by atoms with Crippen LogP contribution in [-0.4, -0.2) is 24.2 Å². The van der Waals surface area contributed by atoms with E-state index in [0.29, 0.717) is 0 Å². The van der Waals surface area contributed by atoms with E-state index < -0.39 is 31.9 Å². The van der Waals surface area contributed by atoms with Crippen LogP contribution in [0, 0.1) is 0 Å². The fourth-order valence-electron chi connectivity index (χ4n) is 0.344. The molecule has 4 atom stereocenters. The Hall–Kier alpha value is -0.0800. The summed E-state index contributed by atoms with van der Waals surface area (Å²) in [6.07, 6.45) is -6.83. The van der Waals surface area contributed by atoms with Gasteiger partial charge >= 0.3 is 0 Å². The highest BCUT2D eigenvalue weighted by molar-refractivity contribution is 4.65. The Bertz CT molecular complexity index is 209. The number of piperidine rings is 1. The van der Waals surface area contributed by atoms with Crippen molar-refractivity contribution in [3.05, 3.63) is 0 Å². The first-order valence-electron chi connectivity index (χ1n) is 5.19. The molecule has 1 saturated heterocycles. The van der Waals surface area contributed by atoms with E-state index in [9.17, 15) is 5.11 Å². The largest absolute Gasteiger partial charge is 0.392 e. The highest BCUT2D eigenvalue weighted by Crippen LogP contribution is 1.98. The molecular formula is C5H11NO. The van der Waals surface area contributed by atoms with Gasteiger partial charge < -0.3 is 10.4 Å². The van der Waals surface area contributed by atoms with Crippen LogP contribution < -0.4 is 5.32 Å². The standard InChI is InChI=1S/C5H11NO/c7-5-2-1-3-6-4-5/h5-7H,1-4H2/i1D,2D2,3D,4D,5D. The first kappa shape index (κ1) is 1.45. The summed E-state index contributed by atoms with van der Waals surface area (Å²) in [5.41, 5.74) is 0. The second-order valence-corrected chi connectivity index (χ2v) is 1.17. The number of hydrogen-bond acceptors (Lipinski definition) is 2. The maximum absolute atomic E-state index is 9.30. The Morgan fingerprint density at radius 2 is 2.86 bits per heavy atom. The molecular weight excluding hydrogens is 90.1 g/mol. The molecule has 2 N–H and O–H groups in total. The van der Waals surface area contributed by atoms with Crippen molar-refractivity contribution in [3.8, 4) is 0 Å². The molecule has 0 bridgehead atoms. The molecule has 0 radical (unpaired) electrons. The van der Waals surface area contributed by atoms with Crippen molar-refractivity contribution in [2.45, 2.75) is 18.8 Å². The topological polar surface area (TPSA) is 32.3 Å². The molecule has 7 heavy (non-hydrogen) atoms. The molecule has 0 aromatic rings. The third kappa shape index (κ3) is 1.45. The maximum atomic E-state index is 9.30. The highest BCUT2D eigenvalue weighted by atomic mass is 16.3. The van der Waals surface area contributed by atoms with Gasteiger partial charge in [-0.2, -0.15) is 0 Å². The summed E-state index contributed by atoms with van der Waals surface area (Å²) in [5, 5.41) is 11.4. The summed E-state index contributed by atoms with van der Waals surface area (Å²) in [6, 6.07) is 0. The highest BCUT2D eigenvalue weighted by Gasteiger charge is 2.06. The minimum atomic E-state index is -2.68. The van der Waals surface area contributed by atoms with Crippen LogP contribution in [-0.2, 0) is 0 Å². The summed E-state index contributed by atoms with van der Waals surface area (Å²) in [7, 11) is 0. The van der Waals surface area contributed by atoms with Crippen LogP contribution in [0.1, 0.15) is 21.0 Å². The van der Waals surface area contributed by atoms with Crippen molar-refractivity contribution >= 4 is 0 Å². The molecule has 42 valence electrons. The van der Waals surface area contributed by atoms with Crippen molar-refractivity contribution in [2.24, 2.45) is 0 Å². The molecule has 0 spiro atoms. The number of hydrogen-bond donors (Lipinski definition) is 2. The van der Waals surface area contributed by atoms with Crippen LogP contribution in [0.25, 0.3) is 0 Å². The molecule has 0 aromatic carbocycles. The molecule has 1 heterocycles. The Balaban J connectivity index is 3.00. The second-order valence-electron chi connectivity index (χ2n) is 1.17. The zero-order chi connectivity index (χ0) is 10.4. The summed E-state index contributed by atoms with van der Waals surface area (Å²) in [4.78, 5) is 0. The monoisotopic (exact) mass is 107 g/mol. The van der Waals surface area contributed by atoms with Crippen molar-refractivity contribution in [1.29, 1.82) is 0 Å². The number of β-amino-alcohol motifs (C(OH)–C–C–N with tert-alkyl or cyclic N) is 1. The fraction of sp³-hybridized carbons (Fsp3) is 1.00. The predicted molar refractivity (Wildman–Crippen MR) is 28.1 cm³/mol. The Morgan fingerprint density at radius 3 is 3.71 bits per heavy atom. The third-order valence-electron chi connectivity index (χ3n) is 0.631. The molecule has 1 fully saturated rings. The molecule has 1 aliphatic rings. The Morgan fingerprint density at radius 1 is 2.00 bits per heavy atom. The van der Waals surface area contributed by atoms with Crippen molar-refractivity contribution < 1.29 is 13.3 Å². The van der Waals surface area contributed by atoms with E-state index in [2.05, 4.69) is 5.32 Å². The molecule has 0 aliphatic carbocycles. The quantitative estimate of drug-likeness (QED) is 0.446. The van der Waals surface area contributed by atoms with Gasteiger partial charge in [0.25, 0.3) is 0 Å². The summed E-state index contributed by atoms with van der Waals surface area (Å²) >= 11 is 0. The molecule has 1 rings (SSSR count). The van der Waals surface area contributed by atoms with Gasteiger partial charge in [-0.15, -0.1) is 0 Å². The lowest BCUT2D eigenvalue weighted by Gasteiger charge is -2.16.